The maximum Gasteiger partial charge on any atom is 0.251 e. The molecule has 160 valence electrons. The average molecular weight is 422 g/mol. The molecule has 0 saturated carbocycles. The lowest BCUT2D eigenvalue weighted by atomic mass is 9.80. The molecule has 0 aliphatic carbocycles. The zero-order valence-electron chi connectivity index (χ0n) is 18.1. The summed E-state index contributed by atoms with van der Waals surface area (Å²) in [6.07, 6.45) is -0.247. The van der Waals surface area contributed by atoms with E-state index in [0.717, 1.165) is 16.7 Å². The lowest BCUT2D eigenvalue weighted by Gasteiger charge is -2.38. The van der Waals surface area contributed by atoms with E-state index in [1.165, 1.54) is 0 Å². The number of nitrogens with one attached hydrogen (secondary N) is 1. The minimum Gasteiger partial charge on any atom is -0.356 e. The Morgan fingerprint density at radius 3 is 1.47 bits per heavy atom. The second-order valence-corrected chi connectivity index (χ2v) is 7.78. The maximum atomic E-state index is 12.6. The summed E-state index contributed by atoms with van der Waals surface area (Å²) >= 11 is 0. The van der Waals surface area contributed by atoms with Crippen molar-refractivity contribution >= 4 is 5.91 Å². The third-order valence-electron chi connectivity index (χ3n) is 5.50. The van der Waals surface area contributed by atoms with Crippen LogP contribution in [-0.4, -0.2) is 18.6 Å². The van der Waals surface area contributed by atoms with Crippen LogP contribution in [-0.2, 0) is 10.3 Å². The predicted molar refractivity (Wildman–Crippen MR) is 129 cm³/mol. The van der Waals surface area contributed by atoms with Gasteiger partial charge < -0.3 is 10.1 Å². The van der Waals surface area contributed by atoms with Crippen molar-refractivity contribution in [2.75, 3.05) is 6.54 Å². The van der Waals surface area contributed by atoms with Crippen LogP contribution in [0.25, 0.3) is 0 Å². The summed E-state index contributed by atoms with van der Waals surface area (Å²) in [6.45, 7) is 2.39. The van der Waals surface area contributed by atoms with Gasteiger partial charge in [0.2, 0.25) is 0 Å². The van der Waals surface area contributed by atoms with Crippen LogP contribution in [0.2, 0.25) is 0 Å². The first-order valence-corrected chi connectivity index (χ1v) is 10.9. The molecule has 0 bridgehead atoms. The van der Waals surface area contributed by atoms with Crippen LogP contribution in [0, 0.1) is 0 Å². The molecule has 0 heterocycles. The second-order valence-electron chi connectivity index (χ2n) is 7.78. The highest BCUT2D eigenvalue weighted by Crippen LogP contribution is 2.41. The zero-order valence-corrected chi connectivity index (χ0v) is 18.1. The molecule has 3 nitrogen and oxygen atoms in total. The summed E-state index contributed by atoms with van der Waals surface area (Å²) in [4.78, 5) is 12.6. The maximum absolute atomic E-state index is 12.6. The average Bonchev–Trinajstić information content (AvgIpc) is 2.88. The van der Waals surface area contributed by atoms with Gasteiger partial charge in [-0.15, -0.1) is 0 Å². The SMILES string of the molecule is CC(CNC(=O)c1ccccc1)OC(c1ccccc1)(c1ccccc1)c1ccccc1. The number of amides is 1. The van der Waals surface area contributed by atoms with Crippen molar-refractivity contribution in [2.45, 2.75) is 18.6 Å². The summed E-state index contributed by atoms with van der Waals surface area (Å²) in [7, 11) is 0. The van der Waals surface area contributed by atoms with Gasteiger partial charge in [-0.1, -0.05) is 109 Å². The Bertz CT molecular complexity index is 1020. The number of hydrogen-bond donors (Lipinski definition) is 1. The van der Waals surface area contributed by atoms with Crippen molar-refractivity contribution in [1.29, 1.82) is 0 Å². The molecule has 4 aromatic rings. The van der Waals surface area contributed by atoms with Gasteiger partial charge >= 0.3 is 0 Å². The van der Waals surface area contributed by atoms with Crippen molar-refractivity contribution in [3.05, 3.63) is 144 Å². The summed E-state index contributed by atoms with van der Waals surface area (Å²) in [5.41, 5.74) is 2.96. The quantitative estimate of drug-likeness (QED) is 0.364. The van der Waals surface area contributed by atoms with Gasteiger partial charge in [0.25, 0.3) is 5.91 Å². The van der Waals surface area contributed by atoms with Gasteiger partial charge in [0, 0.05) is 12.1 Å². The van der Waals surface area contributed by atoms with Gasteiger partial charge in [0.15, 0.2) is 0 Å². The van der Waals surface area contributed by atoms with E-state index in [9.17, 15) is 4.79 Å². The molecule has 3 heteroatoms. The van der Waals surface area contributed by atoms with E-state index in [1.54, 1.807) is 0 Å². The van der Waals surface area contributed by atoms with Crippen LogP contribution >= 0.6 is 0 Å². The van der Waals surface area contributed by atoms with E-state index in [1.807, 2.05) is 91.9 Å². The van der Waals surface area contributed by atoms with E-state index >= 15 is 0 Å². The third kappa shape index (κ3) is 4.63. The normalized spacial score (nSPS) is 12.2. The van der Waals surface area contributed by atoms with Crippen molar-refractivity contribution < 1.29 is 9.53 Å². The Morgan fingerprint density at radius 2 is 1.06 bits per heavy atom. The standard InChI is InChI=1S/C29H27NO2/c1-23(22-30-28(31)24-14-6-2-7-15-24)32-29(25-16-8-3-9-17-25,26-18-10-4-11-19-26)27-20-12-5-13-21-27/h2-21,23H,22H2,1H3,(H,30,31). The molecular weight excluding hydrogens is 394 g/mol. The largest absolute Gasteiger partial charge is 0.356 e. The van der Waals surface area contributed by atoms with Crippen LogP contribution in [0.15, 0.2) is 121 Å². The number of benzene rings is 4. The summed E-state index contributed by atoms with van der Waals surface area (Å²) in [5.74, 6) is -0.106. The number of carbonyl (C=O) groups is 1. The number of rotatable bonds is 8. The molecule has 0 fully saturated rings. The van der Waals surface area contributed by atoms with Gasteiger partial charge in [-0.25, -0.2) is 0 Å². The molecule has 0 aliphatic heterocycles. The van der Waals surface area contributed by atoms with Gasteiger partial charge in [-0.05, 0) is 35.7 Å². The Labute approximate surface area is 189 Å². The zero-order chi connectivity index (χ0) is 22.2. The molecule has 1 unspecified atom stereocenters. The molecule has 4 rings (SSSR count). The van der Waals surface area contributed by atoms with E-state index in [-0.39, 0.29) is 12.0 Å². The fourth-order valence-electron chi connectivity index (χ4n) is 3.99. The van der Waals surface area contributed by atoms with Crippen molar-refractivity contribution in [3.8, 4) is 0 Å². The second kappa shape index (κ2) is 10.1. The Kier molecular flexibility index (Phi) is 6.78. The Morgan fingerprint density at radius 1 is 0.688 bits per heavy atom. The van der Waals surface area contributed by atoms with Crippen molar-refractivity contribution in [1.82, 2.24) is 5.32 Å². The monoisotopic (exact) mass is 421 g/mol. The molecule has 0 saturated heterocycles. The highest BCUT2D eigenvalue weighted by Gasteiger charge is 2.39. The Hall–Kier alpha value is -3.69. The van der Waals surface area contributed by atoms with Gasteiger partial charge in [0.05, 0.1) is 6.10 Å². The fourth-order valence-corrected chi connectivity index (χ4v) is 3.99. The first-order chi connectivity index (χ1) is 15.7. The van der Waals surface area contributed by atoms with Crippen LogP contribution in [0.3, 0.4) is 0 Å². The van der Waals surface area contributed by atoms with Gasteiger partial charge in [0.1, 0.15) is 5.60 Å². The summed E-state index contributed by atoms with van der Waals surface area (Å²) < 4.78 is 6.87. The van der Waals surface area contributed by atoms with Crippen molar-refractivity contribution in [3.63, 3.8) is 0 Å². The highest BCUT2D eigenvalue weighted by molar-refractivity contribution is 5.94. The van der Waals surface area contributed by atoms with E-state index in [2.05, 4.69) is 41.7 Å². The smallest absolute Gasteiger partial charge is 0.251 e. The number of ether oxygens (including phenoxy) is 1. The predicted octanol–water partition coefficient (Wildman–Crippen LogP) is 5.81. The molecule has 4 aromatic carbocycles. The minimum absolute atomic E-state index is 0.106. The lowest BCUT2D eigenvalue weighted by molar-refractivity contribution is -0.0366. The van der Waals surface area contributed by atoms with Crippen molar-refractivity contribution in [2.24, 2.45) is 0 Å². The molecule has 1 amide bonds. The van der Waals surface area contributed by atoms with Crippen LogP contribution < -0.4 is 5.32 Å². The molecule has 0 radical (unpaired) electrons. The van der Waals surface area contributed by atoms with Crippen LogP contribution in [0.5, 0.6) is 0 Å². The van der Waals surface area contributed by atoms with E-state index in [0.29, 0.717) is 12.1 Å². The van der Waals surface area contributed by atoms with E-state index < -0.39 is 5.60 Å². The molecule has 1 atom stereocenters. The highest BCUT2D eigenvalue weighted by atomic mass is 16.5. The fraction of sp³-hybridized carbons (Fsp3) is 0.138. The number of hydrogen-bond acceptors (Lipinski definition) is 2. The van der Waals surface area contributed by atoms with Gasteiger partial charge in [-0.2, -0.15) is 0 Å². The topological polar surface area (TPSA) is 38.3 Å². The molecule has 0 spiro atoms. The first-order valence-electron chi connectivity index (χ1n) is 10.9. The lowest BCUT2D eigenvalue weighted by Crippen LogP contribution is -2.40. The molecular formula is C29H27NO2. The van der Waals surface area contributed by atoms with Gasteiger partial charge in [-0.3, -0.25) is 4.79 Å². The summed E-state index contributed by atoms with van der Waals surface area (Å²) in [5, 5.41) is 3.01. The van der Waals surface area contributed by atoms with E-state index in [4.69, 9.17) is 4.74 Å². The molecule has 0 aliphatic rings. The first kappa shape index (κ1) is 21.5. The minimum atomic E-state index is -0.805. The molecule has 1 N–H and O–H groups in total. The van der Waals surface area contributed by atoms with Crippen LogP contribution in [0.4, 0.5) is 0 Å². The third-order valence-corrected chi connectivity index (χ3v) is 5.50. The number of carbonyl (C=O) groups excluding carboxylic acids is 1. The molecule has 0 aromatic heterocycles. The Balaban J connectivity index is 1.69. The van der Waals surface area contributed by atoms with Crippen LogP contribution in [0.1, 0.15) is 34.0 Å². The summed E-state index contributed by atoms with van der Waals surface area (Å²) in [6, 6.07) is 40.0. The molecule has 32 heavy (non-hydrogen) atoms.